The number of anilines is 1. The molecule has 1 saturated carbocycles. The molecule has 2 aliphatic carbocycles. The number of nitrogens with zero attached hydrogens (tertiary/aromatic N) is 2. The standard InChI is InChI=1S/C21H25F3N2O4/c1-28-12-29-18-8-15(21(22,23)24)4-6-17(18)30-20-13-2-3-14(20)11-26(10-13)19-7-5-16(27)9-25-19/h5,7-9,13-14,20,27H,2-4,6,10-12H2,1H3/t13-,14+,20?. The maximum atomic E-state index is 13.1. The fourth-order valence-electron chi connectivity index (χ4n) is 4.55. The van der Waals surface area contributed by atoms with Crippen LogP contribution >= 0.6 is 0 Å². The number of alkyl halides is 3. The molecule has 3 aliphatic rings. The van der Waals surface area contributed by atoms with E-state index in [1.165, 1.54) is 13.3 Å². The van der Waals surface area contributed by atoms with E-state index in [1.807, 2.05) is 0 Å². The van der Waals surface area contributed by atoms with Crippen LogP contribution in [0, 0.1) is 11.8 Å². The molecular formula is C21H25F3N2O4. The molecule has 6 nitrogen and oxygen atoms in total. The zero-order chi connectivity index (χ0) is 21.3. The SMILES string of the molecule is COCOC1=C(OC2[C@@H]3CC[C@H]2CN(c2ccc(O)cn2)C3)CCC(C(F)(F)F)=C1. The van der Waals surface area contributed by atoms with E-state index in [2.05, 4.69) is 9.88 Å². The number of fused-ring (bicyclic) bond motifs is 2. The van der Waals surface area contributed by atoms with Gasteiger partial charge in [0.1, 0.15) is 23.4 Å². The lowest BCUT2D eigenvalue weighted by atomic mass is 9.94. The summed E-state index contributed by atoms with van der Waals surface area (Å²) in [5.74, 6) is 2.02. The van der Waals surface area contributed by atoms with Crippen LogP contribution in [0.4, 0.5) is 19.0 Å². The lowest BCUT2D eigenvalue weighted by Gasteiger charge is -2.39. The molecule has 164 valence electrons. The number of methoxy groups -OCH3 is 1. The van der Waals surface area contributed by atoms with E-state index in [1.54, 1.807) is 12.1 Å². The molecule has 1 aromatic heterocycles. The largest absolute Gasteiger partial charge is 0.506 e. The summed E-state index contributed by atoms with van der Waals surface area (Å²) in [7, 11) is 1.42. The topological polar surface area (TPSA) is 64.0 Å². The third-order valence-corrected chi connectivity index (χ3v) is 5.98. The van der Waals surface area contributed by atoms with Crippen molar-refractivity contribution in [3.05, 3.63) is 41.5 Å². The molecule has 0 spiro atoms. The number of ether oxygens (including phenoxy) is 3. The van der Waals surface area contributed by atoms with Crippen molar-refractivity contribution in [1.82, 2.24) is 4.98 Å². The minimum Gasteiger partial charge on any atom is -0.506 e. The summed E-state index contributed by atoms with van der Waals surface area (Å²) in [6.45, 7) is 1.37. The maximum absolute atomic E-state index is 13.1. The van der Waals surface area contributed by atoms with Crippen LogP contribution in [0.3, 0.4) is 0 Å². The molecular weight excluding hydrogens is 401 g/mol. The van der Waals surface area contributed by atoms with E-state index in [4.69, 9.17) is 14.2 Å². The Morgan fingerprint density at radius 2 is 1.90 bits per heavy atom. The van der Waals surface area contributed by atoms with Crippen LogP contribution in [0.5, 0.6) is 5.75 Å². The number of pyridine rings is 1. The van der Waals surface area contributed by atoms with Gasteiger partial charge in [0, 0.05) is 44.0 Å². The lowest BCUT2D eigenvalue weighted by Crippen LogP contribution is -2.46. The Kier molecular flexibility index (Phi) is 5.81. The van der Waals surface area contributed by atoms with Crippen LogP contribution in [0.2, 0.25) is 0 Å². The van der Waals surface area contributed by atoms with Crippen molar-refractivity contribution in [3.63, 3.8) is 0 Å². The maximum Gasteiger partial charge on any atom is 0.412 e. The van der Waals surface area contributed by atoms with Crippen molar-refractivity contribution < 1.29 is 32.5 Å². The van der Waals surface area contributed by atoms with Gasteiger partial charge < -0.3 is 24.2 Å². The Morgan fingerprint density at radius 3 is 2.50 bits per heavy atom. The van der Waals surface area contributed by atoms with Gasteiger partial charge in [-0.25, -0.2) is 4.98 Å². The highest BCUT2D eigenvalue weighted by Crippen LogP contribution is 2.43. The van der Waals surface area contributed by atoms with Crippen LogP contribution in [0.1, 0.15) is 25.7 Å². The second-order valence-electron chi connectivity index (χ2n) is 7.97. The Balaban J connectivity index is 1.50. The van der Waals surface area contributed by atoms with Crippen molar-refractivity contribution in [3.8, 4) is 5.75 Å². The number of piperidine rings is 1. The molecule has 9 heteroatoms. The fourth-order valence-corrected chi connectivity index (χ4v) is 4.55. The highest BCUT2D eigenvalue weighted by molar-refractivity contribution is 5.42. The molecule has 1 N–H and O–H groups in total. The number of hydrogen-bond donors (Lipinski definition) is 1. The van der Waals surface area contributed by atoms with Crippen molar-refractivity contribution in [1.29, 1.82) is 0 Å². The first-order chi connectivity index (χ1) is 14.3. The summed E-state index contributed by atoms with van der Waals surface area (Å²) in [6.07, 6.45) is 0.0499. The second kappa shape index (κ2) is 8.37. The molecule has 1 aliphatic heterocycles. The van der Waals surface area contributed by atoms with Crippen LogP contribution < -0.4 is 4.90 Å². The zero-order valence-electron chi connectivity index (χ0n) is 16.7. The first-order valence-electron chi connectivity index (χ1n) is 10.0. The molecule has 1 unspecified atom stereocenters. The summed E-state index contributed by atoms with van der Waals surface area (Å²) < 4.78 is 56.0. The third-order valence-electron chi connectivity index (χ3n) is 5.98. The first-order valence-corrected chi connectivity index (χ1v) is 10.0. The zero-order valence-corrected chi connectivity index (χ0v) is 16.7. The van der Waals surface area contributed by atoms with Gasteiger partial charge in [0.2, 0.25) is 0 Å². The van der Waals surface area contributed by atoms with Gasteiger partial charge in [0.05, 0.1) is 6.20 Å². The van der Waals surface area contributed by atoms with Gasteiger partial charge in [-0.3, -0.25) is 0 Å². The molecule has 2 heterocycles. The lowest BCUT2D eigenvalue weighted by molar-refractivity contribution is -0.0960. The Morgan fingerprint density at radius 1 is 1.17 bits per heavy atom. The first kappa shape index (κ1) is 20.8. The van der Waals surface area contributed by atoms with Crippen LogP contribution in [-0.2, 0) is 14.2 Å². The minimum atomic E-state index is -4.38. The van der Waals surface area contributed by atoms with Gasteiger partial charge in [-0.1, -0.05) is 0 Å². The molecule has 0 aromatic carbocycles. The monoisotopic (exact) mass is 426 g/mol. The van der Waals surface area contributed by atoms with Gasteiger partial charge in [-0.2, -0.15) is 13.2 Å². The predicted octanol–water partition coefficient (Wildman–Crippen LogP) is 4.13. The van der Waals surface area contributed by atoms with Gasteiger partial charge in [0.25, 0.3) is 0 Å². The number of hydrogen-bond acceptors (Lipinski definition) is 6. The molecule has 0 radical (unpaired) electrons. The van der Waals surface area contributed by atoms with Crippen LogP contribution in [-0.4, -0.2) is 49.4 Å². The number of halogens is 3. The Bertz CT molecular complexity index is 809. The summed E-state index contributed by atoms with van der Waals surface area (Å²) in [5.41, 5.74) is -0.614. The average molecular weight is 426 g/mol. The van der Waals surface area contributed by atoms with E-state index in [9.17, 15) is 18.3 Å². The molecule has 3 atom stereocenters. The highest BCUT2D eigenvalue weighted by Gasteiger charge is 2.45. The molecule has 2 fully saturated rings. The highest BCUT2D eigenvalue weighted by atomic mass is 19.4. The average Bonchev–Trinajstić information content (AvgIpc) is 2.94. The van der Waals surface area contributed by atoms with Crippen molar-refractivity contribution >= 4 is 5.82 Å². The number of aromatic nitrogens is 1. The third kappa shape index (κ3) is 4.35. The predicted molar refractivity (Wildman–Crippen MR) is 103 cm³/mol. The molecule has 30 heavy (non-hydrogen) atoms. The van der Waals surface area contributed by atoms with Crippen molar-refractivity contribution in [2.24, 2.45) is 11.8 Å². The van der Waals surface area contributed by atoms with Gasteiger partial charge in [-0.05, 0) is 37.5 Å². The van der Waals surface area contributed by atoms with E-state index in [0.29, 0.717) is 5.76 Å². The number of rotatable bonds is 6. The molecule has 2 bridgehead atoms. The molecule has 1 saturated heterocycles. The van der Waals surface area contributed by atoms with Crippen molar-refractivity contribution in [2.75, 3.05) is 31.9 Å². The normalized spacial score (nSPS) is 26.6. The number of allylic oxidation sites excluding steroid dienone is 3. The molecule has 1 aromatic rings. The molecule has 0 amide bonds. The van der Waals surface area contributed by atoms with Crippen LogP contribution in [0.25, 0.3) is 0 Å². The fraction of sp³-hybridized carbons (Fsp3) is 0.571. The van der Waals surface area contributed by atoms with E-state index in [0.717, 1.165) is 37.8 Å². The van der Waals surface area contributed by atoms with Crippen molar-refractivity contribution in [2.45, 2.75) is 38.0 Å². The van der Waals surface area contributed by atoms with E-state index >= 15 is 0 Å². The Labute approximate surface area is 172 Å². The number of aromatic hydroxyl groups is 1. The summed E-state index contributed by atoms with van der Waals surface area (Å²) >= 11 is 0. The quantitative estimate of drug-likeness (QED) is 0.690. The summed E-state index contributed by atoms with van der Waals surface area (Å²) in [6, 6.07) is 3.41. The summed E-state index contributed by atoms with van der Waals surface area (Å²) in [5, 5.41) is 9.45. The smallest absolute Gasteiger partial charge is 0.412 e. The van der Waals surface area contributed by atoms with Gasteiger partial charge in [0.15, 0.2) is 12.6 Å². The van der Waals surface area contributed by atoms with Gasteiger partial charge in [-0.15, -0.1) is 0 Å². The second-order valence-corrected chi connectivity index (χ2v) is 7.97. The minimum absolute atomic E-state index is 0.0599. The summed E-state index contributed by atoms with van der Waals surface area (Å²) in [4.78, 5) is 6.48. The van der Waals surface area contributed by atoms with Crippen LogP contribution in [0.15, 0.2) is 41.5 Å². The van der Waals surface area contributed by atoms with Gasteiger partial charge >= 0.3 is 6.18 Å². The van der Waals surface area contributed by atoms with E-state index in [-0.39, 0.29) is 49.1 Å². The molecule has 4 rings (SSSR count). The van der Waals surface area contributed by atoms with E-state index < -0.39 is 11.7 Å². The Hall–Kier alpha value is -2.42.